The van der Waals surface area contributed by atoms with Crippen molar-refractivity contribution in [1.82, 2.24) is 16.0 Å². The summed E-state index contributed by atoms with van der Waals surface area (Å²) in [5.74, 6) is 1.94. The molecule has 7 rings (SSSR count). The van der Waals surface area contributed by atoms with Gasteiger partial charge >= 0.3 is 0 Å². The van der Waals surface area contributed by atoms with Gasteiger partial charge in [-0.2, -0.15) is 0 Å². The fraction of sp³-hybridized carbons (Fsp3) is 0.222. The number of allylic oxidation sites excluding steroid dienone is 4. The molecule has 2 atom stereocenters. The van der Waals surface area contributed by atoms with Crippen molar-refractivity contribution >= 4 is 11.4 Å². The molecule has 3 heterocycles. The molecule has 4 nitrogen and oxygen atoms in total. The summed E-state index contributed by atoms with van der Waals surface area (Å²) in [5, 5.41) is 11.2. The third kappa shape index (κ3) is 4.02. The van der Waals surface area contributed by atoms with Crippen LogP contribution in [-0.2, 0) is 5.41 Å². The van der Waals surface area contributed by atoms with Gasteiger partial charge in [-0.3, -0.25) is 5.32 Å². The molecule has 200 valence electrons. The lowest BCUT2D eigenvalue weighted by molar-refractivity contribution is 0.374. The molecule has 4 heteroatoms. The Bertz CT molecular complexity index is 1620. The molecule has 0 radical (unpaired) electrons. The first-order valence-electron chi connectivity index (χ1n) is 14.4. The number of benzene rings is 3. The maximum Gasteiger partial charge on any atom is 0.131 e. The van der Waals surface area contributed by atoms with Crippen molar-refractivity contribution in [3.05, 3.63) is 143 Å². The molecule has 0 bridgehead atoms. The average Bonchev–Trinajstić information content (AvgIpc) is 3.03. The van der Waals surface area contributed by atoms with Crippen LogP contribution in [0.4, 0.5) is 0 Å². The summed E-state index contributed by atoms with van der Waals surface area (Å²) >= 11 is 0. The highest BCUT2D eigenvalue weighted by Gasteiger charge is 2.40. The van der Waals surface area contributed by atoms with E-state index in [-0.39, 0.29) is 17.6 Å². The molecule has 0 saturated heterocycles. The summed E-state index contributed by atoms with van der Waals surface area (Å²) in [4.78, 5) is 0. The summed E-state index contributed by atoms with van der Waals surface area (Å²) < 4.78 is 6.46. The number of para-hydroxylation sites is 1. The maximum absolute atomic E-state index is 6.46. The zero-order valence-electron chi connectivity index (χ0n) is 23.1. The molecule has 1 aliphatic carbocycles. The van der Waals surface area contributed by atoms with Crippen LogP contribution < -0.4 is 20.7 Å². The Labute approximate surface area is 236 Å². The Hall–Kier alpha value is -4.28. The fourth-order valence-corrected chi connectivity index (χ4v) is 6.72. The Morgan fingerprint density at radius 3 is 2.58 bits per heavy atom. The monoisotopic (exact) mass is 525 g/mol. The van der Waals surface area contributed by atoms with E-state index < -0.39 is 0 Å². The molecule has 0 fully saturated rings. The van der Waals surface area contributed by atoms with Gasteiger partial charge in [-0.05, 0) is 71.5 Å². The van der Waals surface area contributed by atoms with E-state index in [4.69, 9.17) is 4.74 Å². The highest BCUT2D eigenvalue weighted by atomic mass is 16.5. The van der Waals surface area contributed by atoms with Gasteiger partial charge in [0.25, 0.3) is 0 Å². The minimum atomic E-state index is -0.0804. The van der Waals surface area contributed by atoms with Crippen LogP contribution in [0, 0.1) is 0 Å². The minimum Gasteiger partial charge on any atom is -0.457 e. The molecular formula is C36H35N3O. The molecule has 0 amide bonds. The van der Waals surface area contributed by atoms with E-state index in [2.05, 4.69) is 139 Å². The second-order valence-corrected chi connectivity index (χ2v) is 10.9. The second kappa shape index (κ2) is 10.0. The van der Waals surface area contributed by atoms with Gasteiger partial charge in [-0.1, -0.05) is 86.7 Å². The van der Waals surface area contributed by atoms with Gasteiger partial charge in [0.05, 0.1) is 6.04 Å². The number of rotatable bonds is 5. The Morgan fingerprint density at radius 1 is 0.850 bits per heavy atom. The molecule has 0 spiro atoms. The number of ether oxygens (including phenoxy) is 1. The van der Waals surface area contributed by atoms with E-state index in [1.165, 1.54) is 39.1 Å². The molecule has 3 aromatic carbocycles. The fourth-order valence-electron chi connectivity index (χ4n) is 6.72. The number of hydrogen-bond donors (Lipinski definition) is 3. The predicted octanol–water partition coefficient (Wildman–Crippen LogP) is 7.50. The van der Waals surface area contributed by atoms with Crippen LogP contribution in [0.5, 0.6) is 11.5 Å². The van der Waals surface area contributed by atoms with Gasteiger partial charge in [0, 0.05) is 34.5 Å². The van der Waals surface area contributed by atoms with Crippen LogP contribution in [0.3, 0.4) is 0 Å². The standard InChI is InChI=1S/C36H35N3O/c1-3-36(4-2)28-15-6-8-18-32(28)40-33-20-19-25(23-29(33)36)34-27-14-5-7-17-31(27)38-35(39-34)26-13-11-12-24(22-26)30-16-9-10-21-37-30/h5-20,22-23,31,35,37-39H,3-4,21H2,1-2H3. The molecule has 0 saturated carbocycles. The van der Waals surface area contributed by atoms with Crippen molar-refractivity contribution in [3.63, 3.8) is 0 Å². The molecule has 0 aromatic heterocycles. The Balaban J connectivity index is 1.30. The SMILES string of the molecule is CCC1(CC)c2ccccc2Oc2ccc(C3=C4C=CC=CC4NC(c4cccc(C5=CC=CCN5)c4)N3)cc21. The smallest absolute Gasteiger partial charge is 0.131 e. The van der Waals surface area contributed by atoms with E-state index in [9.17, 15) is 0 Å². The van der Waals surface area contributed by atoms with Gasteiger partial charge < -0.3 is 15.4 Å². The number of dihydropyridines is 1. The quantitative estimate of drug-likeness (QED) is 0.323. The van der Waals surface area contributed by atoms with E-state index >= 15 is 0 Å². The predicted molar refractivity (Wildman–Crippen MR) is 164 cm³/mol. The van der Waals surface area contributed by atoms with Crippen LogP contribution in [0.25, 0.3) is 11.4 Å². The van der Waals surface area contributed by atoms with Crippen molar-refractivity contribution in [2.75, 3.05) is 6.54 Å². The zero-order chi connectivity index (χ0) is 27.1. The van der Waals surface area contributed by atoms with Crippen LogP contribution in [-0.4, -0.2) is 12.6 Å². The molecule has 2 unspecified atom stereocenters. The van der Waals surface area contributed by atoms with Gasteiger partial charge in [-0.25, -0.2) is 0 Å². The van der Waals surface area contributed by atoms with E-state index in [0.29, 0.717) is 0 Å². The topological polar surface area (TPSA) is 45.3 Å². The summed E-state index contributed by atoms with van der Waals surface area (Å²) in [6.07, 6.45) is 17.1. The second-order valence-electron chi connectivity index (χ2n) is 10.9. The molecular weight excluding hydrogens is 490 g/mol. The lowest BCUT2D eigenvalue weighted by Crippen LogP contribution is -2.46. The van der Waals surface area contributed by atoms with Crippen molar-refractivity contribution in [2.45, 2.75) is 44.3 Å². The number of fused-ring (bicyclic) bond motifs is 3. The summed E-state index contributed by atoms with van der Waals surface area (Å²) in [6.45, 7) is 5.45. The zero-order valence-corrected chi connectivity index (χ0v) is 23.1. The van der Waals surface area contributed by atoms with Crippen LogP contribution >= 0.6 is 0 Å². The van der Waals surface area contributed by atoms with Gasteiger partial charge in [0.15, 0.2) is 0 Å². The normalized spacial score (nSPS) is 21.8. The first-order chi connectivity index (χ1) is 19.7. The summed E-state index contributed by atoms with van der Waals surface area (Å²) in [6, 6.07) is 24.2. The van der Waals surface area contributed by atoms with Crippen LogP contribution in [0.1, 0.15) is 60.7 Å². The lowest BCUT2D eigenvalue weighted by Gasteiger charge is -2.40. The van der Waals surface area contributed by atoms with Crippen molar-refractivity contribution in [3.8, 4) is 11.5 Å². The first kappa shape index (κ1) is 24.7. The van der Waals surface area contributed by atoms with Crippen LogP contribution in [0.2, 0.25) is 0 Å². The summed E-state index contributed by atoms with van der Waals surface area (Å²) in [7, 11) is 0. The van der Waals surface area contributed by atoms with E-state index in [1.807, 2.05) is 0 Å². The highest BCUT2D eigenvalue weighted by Crippen LogP contribution is 2.52. The average molecular weight is 526 g/mol. The van der Waals surface area contributed by atoms with Crippen molar-refractivity contribution < 1.29 is 4.74 Å². The molecule has 3 aliphatic heterocycles. The molecule has 40 heavy (non-hydrogen) atoms. The van der Waals surface area contributed by atoms with Gasteiger partial charge in [0.2, 0.25) is 0 Å². The largest absolute Gasteiger partial charge is 0.457 e. The Kier molecular flexibility index (Phi) is 6.21. The summed E-state index contributed by atoms with van der Waals surface area (Å²) in [5.41, 5.74) is 9.66. The van der Waals surface area contributed by atoms with Crippen LogP contribution in [0.15, 0.2) is 115 Å². The maximum atomic E-state index is 6.46. The third-order valence-corrected chi connectivity index (χ3v) is 8.90. The molecule has 3 N–H and O–H groups in total. The van der Waals surface area contributed by atoms with Gasteiger partial charge in [-0.15, -0.1) is 0 Å². The third-order valence-electron chi connectivity index (χ3n) is 8.90. The first-order valence-corrected chi connectivity index (χ1v) is 14.4. The highest BCUT2D eigenvalue weighted by molar-refractivity contribution is 5.76. The molecule has 4 aliphatic rings. The number of nitrogens with one attached hydrogen (secondary N) is 3. The van der Waals surface area contributed by atoms with E-state index in [1.54, 1.807) is 0 Å². The van der Waals surface area contributed by atoms with E-state index in [0.717, 1.165) is 36.6 Å². The van der Waals surface area contributed by atoms with Crippen molar-refractivity contribution in [2.24, 2.45) is 0 Å². The Morgan fingerprint density at radius 2 is 1.73 bits per heavy atom. The van der Waals surface area contributed by atoms with Crippen molar-refractivity contribution in [1.29, 1.82) is 0 Å². The lowest BCUT2D eigenvalue weighted by atomic mass is 9.68. The molecule has 3 aromatic rings. The number of hydrogen-bond acceptors (Lipinski definition) is 4. The minimum absolute atomic E-state index is 0.0327. The van der Waals surface area contributed by atoms with Gasteiger partial charge in [0.1, 0.15) is 17.7 Å².